The van der Waals surface area contributed by atoms with Gasteiger partial charge in [-0.15, -0.1) is 0 Å². The van der Waals surface area contributed by atoms with Gasteiger partial charge in [0.2, 0.25) is 0 Å². The van der Waals surface area contributed by atoms with E-state index < -0.39 is 0 Å². The largest absolute Gasteiger partial charge is 0.381 e. The summed E-state index contributed by atoms with van der Waals surface area (Å²) in [5.41, 5.74) is 4.16. The van der Waals surface area contributed by atoms with E-state index in [4.69, 9.17) is 4.74 Å². The van der Waals surface area contributed by atoms with Crippen LogP contribution in [0.2, 0.25) is 0 Å². The van der Waals surface area contributed by atoms with Crippen LogP contribution >= 0.6 is 0 Å². The Labute approximate surface area is 113 Å². The minimum atomic E-state index is -0.201. The number of nitrogens with one attached hydrogen (secondary N) is 1. The van der Waals surface area contributed by atoms with Crippen LogP contribution in [0.5, 0.6) is 0 Å². The highest BCUT2D eigenvalue weighted by Crippen LogP contribution is 2.18. The van der Waals surface area contributed by atoms with Crippen LogP contribution in [0.3, 0.4) is 0 Å². The van der Waals surface area contributed by atoms with Crippen molar-refractivity contribution < 1.29 is 9.13 Å². The molecule has 0 spiro atoms. The molecule has 0 bridgehead atoms. The zero-order valence-electron chi connectivity index (χ0n) is 11.2. The van der Waals surface area contributed by atoms with E-state index in [1.54, 1.807) is 19.2 Å². The van der Waals surface area contributed by atoms with Gasteiger partial charge in [0, 0.05) is 24.9 Å². The number of halogens is 1. The third kappa shape index (κ3) is 3.55. The molecule has 0 heterocycles. The van der Waals surface area contributed by atoms with Gasteiger partial charge in [-0.05, 0) is 36.2 Å². The van der Waals surface area contributed by atoms with E-state index in [1.165, 1.54) is 6.07 Å². The highest BCUT2D eigenvalue weighted by Gasteiger charge is 2.03. The topological polar surface area (TPSA) is 21.3 Å². The molecule has 0 aromatic heterocycles. The smallest absolute Gasteiger partial charge is 0.123 e. The molecule has 0 aliphatic carbocycles. The van der Waals surface area contributed by atoms with E-state index in [2.05, 4.69) is 5.32 Å². The minimum Gasteiger partial charge on any atom is -0.381 e. The molecule has 0 atom stereocenters. The molecule has 3 heteroatoms. The molecule has 2 aromatic carbocycles. The first-order valence-corrected chi connectivity index (χ1v) is 6.26. The molecule has 2 nitrogen and oxygen atoms in total. The van der Waals surface area contributed by atoms with E-state index in [-0.39, 0.29) is 5.82 Å². The molecule has 0 saturated carbocycles. The average Bonchev–Trinajstić information content (AvgIpc) is 2.42. The van der Waals surface area contributed by atoms with E-state index in [0.717, 1.165) is 22.4 Å². The Hall–Kier alpha value is -1.87. The maximum Gasteiger partial charge on any atom is 0.123 e. The lowest BCUT2D eigenvalue weighted by atomic mass is 10.1. The lowest BCUT2D eigenvalue weighted by Gasteiger charge is -2.13. The van der Waals surface area contributed by atoms with Crippen LogP contribution in [-0.4, -0.2) is 7.11 Å². The Morgan fingerprint density at radius 1 is 1.11 bits per heavy atom. The average molecular weight is 259 g/mol. The van der Waals surface area contributed by atoms with Gasteiger partial charge in [-0.3, -0.25) is 0 Å². The van der Waals surface area contributed by atoms with Crippen LogP contribution in [0.25, 0.3) is 0 Å². The summed E-state index contributed by atoms with van der Waals surface area (Å²) >= 11 is 0. The van der Waals surface area contributed by atoms with Crippen molar-refractivity contribution in [1.82, 2.24) is 0 Å². The zero-order valence-corrected chi connectivity index (χ0v) is 11.2. The van der Waals surface area contributed by atoms with Crippen molar-refractivity contribution in [3.8, 4) is 0 Å². The SMILES string of the molecule is COCc1ccccc1NCc1cc(F)ccc1C. The Morgan fingerprint density at radius 2 is 1.89 bits per heavy atom. The summed E-state index contributed by atoms with van der Waals surface area (Å²) in [5.74, 6) is -0.201. The van der Waals surface area contributed by atoms with E-state index in [0.29, 0.717) is 13.2 Å². The number of aryl methyl sites for hydroxylation is 1. The predicted molar refractivity (Wildman–Crippen MR) is 75.6 cm³/mol. The second kappa shape index (κ2) is 6.34. The summed E-state index contributed by atoms with van der Waals surface area (Å²) in [6.07, 6.45) is 0. The third-order valence-electron chi connectivity index (χ3n) is 3.10. The number of rotatable bonds is 5. The molecule has 100 valence electrons. The Morgan fingerprint density at radius 3 is 2.68 bits per heavy atom. The van der Waals surface area contributed by atoms with Crippen LogP contribution < -0.4 is 5.32 Å². The fraction of sp³-hybridized carbons (Fsp3) is 0.250. The second-order valence-electron chi connectivity index (χ2n) is 4.51. The van der Waals surface area contributed by atoms with E-state index in [1.807, 2.05) is 31.2 Å². The molecule has 2 rings (SSSR count). The fourth-order valence-corrected chi connectivity index (χ4v) is 2.00. The first-order chi connectivity index (χ1) is 9.20. The number of benzene rings is 2. The van der Waals surface area contributed by atoms with Crippen molar-refractivity contribution in [2.24, 2.45) is 0 Å². The highest BCUT2D eigenvalue weighted by molar-refractivity contribution is 5.51. The Balaban J connectivity index is 2.12. The maximum absolute atomic E-state index is 13.2. The first-order valence-electron chi connectivity index (χ1n) is 6.26. The van der Waals surface area contributed by atoms with Crippen LogP contribution in [0.4, 0.5) is 10.1 Å². The van der Waals surface area contributed by atoms with Crippen molar-refractivity contribution in [3.63, 3.8) is 0 Å². The van der Waals surface area contributed by atoms with Gasteiger partial charge >= 0.3 is 0 Å². The summed E-state index contributed by atoms with van der Waals surface area (Å²) in [7, 11) is 1.67. The lowest BCUT2D eigenvalue weighted by Crippen LogP contribution is -2.04. The van der Waals surface area contributed by atoms with Gasteiger partial charge in [0.05, 0.1) is 6.61 Å². The van der Waals surface area contributed by atoms with Gasteiger partial charge in [0.15, 0.2) is 0 Å². The van der Waals surface area contributed by atoms with Crippen molar-refractivity contribution in [3.05, 3.63) is 65.0 Å². The number of methoxy groups -OCH3 is 1. The molecule has 0 radical (unpaired) electrons. The summed E-state index contributed by atoms with van der Waals surface area (Å²) in [6, 6.07) is 12.8. The molecular formula is C16H18FNO. The van der Waals surface area contributed by atoms with Gasteiger partial charge < -0.3 is 10.1 Å². The third-order valence-corrected chi connectivity index (χ3v) is 3.10. The zero-order chi connectivity index (χ0) is 13.7. The highest BCUT2D eigenvalue weighted by atomic mass is 19.1. The molecule has 0 aliphatic rings. The minimum absolute atomic E-state index is 0.201. The van der Waals surface area contributed by atoms with E-state index >= 15 is 0 Å². The first kappa shape index (κ1) is 13.6. The van der Waals surface area contributed by atoms with Crippen molar-refractivity contribution in [1.29, 1.82) is 0 Å². The molecular weight excluding hydrogens is 241 g/mol. The van der Waals surface area contributed by atoms with E-state index in [9.17, 15) is 4.39 Å². The van der Waals surface area contributed by atoms with Gasteiger partial charge in [0.25, 0.3) is 0 Å². The normalized spacial score (nSPS) is 10.5. The lowest BCUT2D eigenvalue weighted by molar-refractivity contribution is 0.185. The van der Waals surface area contributed by atoms with Gasteiger partial charge in [-0.25, -0.2) is 4.39 Å². The predicted octanol–water partition coefficient (Wildman–Crippen LogP) is 3.89. The summed E-state index contributed by atoms with van der Waals surface area (Å²) in [4.78, 5) is 0. The molecule has 0 fully saturated rings. The van der Waals surface area contributed by atoms with Crippen LogP contribution in [0.15, 0.2) is 42.5 Å². The second-order valence-corrected chi connectivity index (χ2v) is 4.51. The summed E-state index contributed by atoms with van der Waals surface area (Å²) in [6.45, 7) is 3.15. The van der Waals surface area contributed by atoms with Crippen molar-refractivity contribution >= 4 is 5.69 Å². The fourth-order valence-electron chi connectivity index (χ4n) is 2.00. The van der Waals surface area contributed by atoms with Crippen molar-refractivity contribution in [2.45, 2.75) is 20.1 Å². The number of hydrogen-bond donors (Lipinski definition) is 1. The van der Waals surface area contributed by atoms with Gasteiger partial charge in [-0.1, -0.05) is 24.3 Å². The molecule has 0 amide bonds. The Kier molecular flexibility index (Phi) is 4.53. The number of anilines is 1. The number of hydrogen-bond acceptors (Lipinski definition) is 2. The standard InChI is InChI=1S/C16H18FNO/c1-12-7-8-15(17)9-14(12)10-18-16-6-4-3-5-13(16)11-19-2/h3-9,18H,10-11H2,1-2H3. The number of para-hydroxylation sites is 1. The maximum atomic E-state index is 13.2. The number of ether oxygens (including phenoxy) is 1. The molecule has 1 N–H and O–H groups in total. The Bertz CT molecular complexity index is 554. The van der Waals surface area contributed by atoms with Crippen molar-refractivity contribution in [2.75, 3.05) is 12.4 Å². The van der Waals surface area contributed by atoms with Gasteiger partial charge in [-0.2, -0.15) is 0 Å². The van der Waals surface area contributed by atoms with Crippen LogP contribution in [0, 0.1) is 12.7 Å². The molecule has 2 aromatic rings. The van der Waals surface area contributed by atoms with Gasteiger partial charge in [0.1, 0.15) is 5.82 Å². The summed E-state index contributed by atoms with van der Waals surface area (Å²) < 4.78 is 18.4. The quantitative estimate of drug-likeness (QED) is 0.879. The molecule has 19 heavy (non-hydrogen) atoms. The molecule has 0 unspecified atom stereocenters. The molecule has 0 saturated heterocycles. The van der Waals surface area contributed by atoms with Crippen LogP contribution in [-0.2, 0) is 17.9 Å². The monoisotopic (exact) mass is 259 g/mol. The molecule has 0 aliphatic heterocycles. The van der Waals surface area contributed by atoms with Crippen LogP contribution in [0.1, 0.15) is 16.7 Å². The summed E-state index contributed by atoms with van der Waals surface area (Å²) in [5, 5.41) is 3.34.